The van der Waals surface area contributed by atoms with Crippen molar-refractivity contribution in [3.63, 3.8) is 0 Å². The van der Waals surface area contributed by atoms with E-state index in [4.69, 9.17) is 5.73 Å². The number of amides is 2. The lowest BCUT2D eigenvalue weighted by atomic mass is 10.0. The van der Waals surface area contributed by atoms with Crippen LogP contribution in [0.5, 0.6) is 0 Å². The van der Waals surface area contributed by atoms with Gasteiger partial charge in [-0.1, -0.05) is 25.7 Å². The van der Waals surface area contributed by atoms with Crippen molar-refractivity contribution in [2.24, 2.45) is 5.92 Å². The Bertz CT molecular complexity index is 533. The number of nitrogen functional groups attached to an aromatic ring is 1. The maximum atomic E-state index is 12.2. The molecule has 1 heterocycles. The van der Waals surface area contributed by atoms with Gasteiger partial charge in [0.05, 0.1) is 11.1 Å². The van der Waals surface area contributed by atoms with Crippen LogP contribution in [0.1, 0.15) is 52.8 Å². The summed E-state index contributed by atoms with van der Waals surface area (Å²) in [5.41, 5.74) is 7.15. The first-order valence-electron chi connectivity index (χ1n) is 6.92. The Labute approximate surface area is 112 Å². The van der Waals surface area contributed by atoms with Crippen molar-refractivity contribution in [1.82, 2.24) is 4.90 Å². The van der Waals surface area contributed by atoms with Crippen LogP contribution in [0.2, 0.25) is 0 Å². The molecular formula is C15H18N2O2. The number of hydrogen-bond acceptors (Lipinski definition) is 3. The Hall–Kier alpha value is -1.84. The lowest BCUT2D eigenvalue weighted by molar-refractivity contribution is 0.0646. The molecule has 1 aliphatic heterocycles. The average Bonchev–Trinajstić information content (AvgIpc) is 2.98. The molecule has 0 saturated heterocycles. The van der Waals surface area contributed by atoms with Gasteiger partial charge in [0, 0.05) is 12.2 Å². The second-order valence-corrected chi connectivity index (χ2v) is 5.51. The molecule has 1 aromatic carbocycles. The lowest BCUT2D eigenvalue weighted by Crippen LogP contribution is -2.31. The van der Waals surface area contributed by atoms with Crippen LogP contribution in [0.3, 0.4) is 0 Å². The zero-order valence-corrected chi connectivity index (χ0v) is 10.9. The predicted octanol–water partition coefficient (Wildman–Crippen LogP) is 2.45. The molecule has 2 N–H and O–H groups in total. The second-order valence-electron chi connectivity index (χ2n) is 5.51. The Balaban J connectivity index is 1.74. The largest absolute Gasteiger partial charge is 0.399 e. The number of anilines is 1. The van der Waals surface area contributed by atoms with Crippen LogP contribution < -0.4 is 5.73 Å². The summed E-state index contributed by atoms with van der Waals surface area (Å²) in [6.45, 7) is 0.539. The summed E-state index contributed by atoms with van der Waals surface area (Å²) in [7, 11) is 0. The second kappa shape index (κ2) is 4.68. The molecule has 0 unspecified atom stereocenters. The van der Waals surface area contributed by atoms with Gasteiger partial charge < -0.3 is 5.73 Å². The number of imide groups is 1. The number of carbonyl (C=O) groups excluding carboxylic acids is 2. The minimum absolute atomic E-state index is 0.169. The van der Waals surface area contributed by atoms with Gasteiger partial charge in [0.15, 0.2) is 0 Å². The van der Waals surface area contributed by atoms with Crippen molar-refractivity contribution < 1.29 is 9.59 Å². The van der Waals surface area contributed by atoms with Gasteiger partial charge in [0.1, 0.15) is 0 Å². The fourth-order valence-electron chi connectivity index (χ4n) is 3.12. The van der Waals surface area contributed by atoms with Crippen molar-refractivity contribution in [1.29, 1.82) is 0 Å². The highest BCUT2D eigenvalue weighted by Gasteiger charge is 2.35. The van der Waals surface area contributed by atoms with Crippen LogP contribution in [-0.2, 0) is 0 Å². The first-order valence-corrected chi connectivity index (χ1v) is 6.92. The Kier molecular flexibility index (Phi) is 3.01. The molecule has 1 aromatic rings. The fourth-order valence-corrected chi connectivity index (χ4v) is 3.12. The zero-order valence-electron chi connectivity index (χ0n) is 10.9. The molecule has 100 valence electrons. The van der Waals surface area contributed by atoms with E-state index >= 15 is 0 Å². The normalized spacial score (nSPS) is 19.3. The third-order valence-electron chi connectivity index (χ3n) is 4.23. The first kappa shape index (κ1) is 12.2. The van der Waals surface area contributed by atoms with E-state index in [1.165, 1.54) is 30.6 Å². The summed E-state index contributed by atoms with van der Waals surface area (Å²) in [5.74, 6) is 0.317. The van der Waals surface area contributed by atoms with Crippen LogP contribution in [-0.4, -0.2) is 23.3 Å². The highest BCUT2D eigenvalue weighted by Crippen LogP contribution is 2.30. The third-order valence-corrected chi connectivity index (χ3v) is 4.23. The maximum Gasteiger partial charge on any atom is 0.261 e. The third kappa shape index (κ3) is 2.11. The van der Waals surface area contributed by atoms with Crippen molar-refractivity contribution in [3.8, 4) is 0 Å². The monoisotopic (exact) mass is 258 g/mol. The minimum Gasteiger partial charge on any atom is -0.399 e. The van der Waals surface area contributed by atoms with Gasteiger partial charge in [-0.15, -0.1) is 0 Å². The highest BCUT2D eigenvalue weighted by atomic mass is 16.2. The smallest absolute Gasteiger partial charge is 0.261 e. The minimum atomic E-state index is -0.190. The standard InChI is InChI=1S/C15H18N2O2/c16-11-5-6-12-13(9-11)15(19)17(14(12)18)8-7-10-3-1-2-4-10/h5-6,9-10H,1-4,7-8,16H2. The number of carbonyl (C=O) groups is 2. The molecule has 1 fully saturated rings. The van der Waals surface area contributed by atoms with E-state index in [1.54, 1.807) is 18.2 Å². The van der Waals surface area contributed by atoms with Gasteiger partial charge in [-0.2, -0.15) is 0 Å². The molecular weight excluding hydrogens is 240 g/mol. The maximum absolute atomic E-state index is 12.2. The van der Waals surface area contributed by atoms with E-state index in [1.807, 2.05) is 0 Å². The molecule has 1 aliphatic carbocycles. The van der Waals surface area contributed by atoms with E-state index in [9.17, 15) is 9.59 Å². The summed E-state index contributed by atoms with van der Waals surface area (Å²) in [5, 5.41) is 0. The summed E-state index contributed by atoms with van der Waals surface area (Å²) >= 11 is 0. The van der Waals surface area contributed by atoms with Crippen molar-refractivity contribution in [2.75, 3.05) is 12.3 Å². The van der Waals surface area contributed by atoms with E-state index in [-0.39, 0.29) is 11.8 Å². The number of nitrogens with zero attached hydrogens (tertiary/aromatic N) is 1. The lowest BCUT2D eigenvalue weighted by Gasteiger charge is -2.16. The molecule has 0 aromatic heterocycles. The van der Waals surface area contributed by atoms with E-state index in [2.05, 4.69) is 0 Å². The van der Waals surface area contributed by atoms with Crippen LogP contribution >= 0.6 is 0 Å². The van der Waals surface area contributed by atoms with Crippen LogP contribution in [0.4, 0.5) is 5.69 Å². The van der Waals surface area contributed by atoms with Gasteiger partial charge in [-0.3, -0.25) is 14.5 Å². The molecule has 0 bridgehead atoms. The number of fused-ring (bicyclic) bond motifs is 1. The van der Waals surface area contributed by atoms with Gasteiger partial charge in [-0.05, 0) is 30.5 Å². The summed E-state index contributed by atoms with van der Waals surface area (Å²) < 4.78 is 0. The highest BCUT2D eigenvalue weighted by molar-refractivity contribution is 6.21. The van der Waals surface area contributed by atoms with Crippen LogP contribution in [0, 0.1) is 5.92 Å². The van der Waals surface area contributed by atoms with Crippen molar-refractivity contribution >= 4 is 17.5 Å². The summed E-state index contributed by atoms with van der Waals surface area (Å²) in [6.07, 6.45) is 5.96. The van der Waals surface area contributed by atoms with E-state index < -0.39 is 0 Å². The molecule has 19 heavy (non-hydrogen) atoms. The van der Waals surface area contributed by atoms with Crippen molar-refractivity contribution in [2.45, 2.75) is 32.1 Å². The van der Waals surface area contributed by atoms with Crippen LogP contribution in [0.15, 0.2) is 18.2 Å². The Morgan fingerprint density at radius 3 is 2.53 bits per heavy atom. The summed E-state index contributed by atoms with van der Waals surface area (Å²) in [6, 6.07) is 4.93. The fraction of sp³-hybridized carbons (Fsp3) is 0.467. The molecule has 4 heteroatoms. The molecule has 2 amide bonds. The van der Waals surface area contributed by atoms with Gasteiger partial charge in [0.2, 0.25) is 0 Å². The molecule has 0 spiro atoms. The SMILES string of the molecule is Nc1ccc2c(c1)C(=O)N(CCC1CCCC1)C2=O. The zero-order chi connectivity index (χ0) is 13.4. The average molecular weight is 258 g/mol. The number of rotatable bonds is 3. The number of nitrogens with two attached hydrogens (primary N) is 1. The predicted molar refractivity (Wildman–Crippen MR) is 72.8 cm³/mol. The molecule has 4 nitrogen and oxygen atoms in total. The first-order chi connectivity index (χ1) is 9.16. The molecule has 3 rings (SSSR count). The number of benzene rings is 1. The number of hydrogen-bond donors (Lipinski definition) is 1. The molecule has 2 aliphatic rings. The van der Waals surface area contributed by atoms with E-state index in [0.717, 1.165) is 6.42 Å². The topological polar surface area (TPSA) is 63.4 Å². The quantitative estimate of drug-likeness (QED) is 0.669. The van der Waals surface area contributed by atoms with Crippen LogP contribution in [0.25, 0.3) is 0 Å². The molecule has 0 atom stereocenters. The summed E-state index contributed by atoms with van der Waals surface area (Å²) in [4.78, 5) is 25.8. The van der Waals surface area contributed by atoms with E-state index in [0.29, 0.717) is 29.3 Å². The molecule has 0 radical (unpaired) electrons. The van der Waals surface area contributed by atoms with Gasteiger partial charge >= 0.3 is 0 Å². The molecule has 1 saturated carbocycles. The van der Waals surface area contributed by atoms with Gasteiger partial charge in [-0.25, -0.2) is 0 Å². The van der Waals surface area contributed by atoms with Crippen molar-refractivity contribution in [3.05, 3.63) is 29.3 Å². The Morgan fingerprint density at radius 1 is 1.11 bits per heavy atom. The van der Waals surface area contributed by atoms with Gasteiger partial charge in [0.25, 0.3) is 11.8 Å². The Morgan fingerprint density at radius 2 is 1.79 bits per heavy atom.